The largest absolute Gasteiger partial charge is 0.387 e. The highest BCUT2D eigenvalue weighted by Gasteiger charge is 2.83. The van der Waals surface area contributed by atoms with Gasteiger partial charge in [-0.15, -0.1) is 6.58 Å². The second kappa shape index (κ2) is 2.81. The van der Waals surface area contributed by atoms with E-state index in [4.69, 9.17) is 0 Å². The molecule has 0 aromatic heterocycles. The van der Waals surface area contributed by atoms with E-state index in [9.17, 15) is 15.2 Å². The molecular formula is C14H17NO2. The zero-order valence-electron chi connectivity index (χ0n) is 10.1. The van der Waals surface area contributed by atoms with Crippen LogP contribution in [-0.2, 0) is 4.79 Å². The van der Waals surface area contributed by atoms with Crippen LogP contribution < -0.4 is 0 Å². The quantitative estimate of drug-likeness (QED) is 0.737. The number of hydrogen-bond acceptors (Lipinski definition) is 3. The summed E-state index contributed by atoms with van der Waals surface area (Å²) in [6.45, 7) is 5.79. The van der Waals surface area contributed by atoms with Crippen molar-refractivity contribution in [1.29, 1.82) is 5.26 Å². The van der Waals surface area contributed by atoms with Crippen LogP contribution in [0.5, 0.6) is 0 Å². The molecular weight excluding hydrogens is 214 g/mol. The Balaban J connectivity index is 2.22. The number of Topliss-reactive ketones (excluding diaryl/α,β-unsaturated/α-hetero) is 1. The van der Waals surface area contributed by atoms with Crippen molar-refractivity contribution in [2.45, 2.75) is 38.2 Å². The summed E-state index contributed by atoms with van der Waals surface area (Å²) < 4.78 is 0. The monoisotopic (exact) mass is 231 g/mol. The number of aliphatic hydroxyl groups is 1. The summed E-state index contributed by atoms with van der Waals surface area (Å²) in [6.07, 6.45) is 3.94. The second-order valence-corrected chi connectivity index (χ2v) is 6.10. The van der Waals surface area contributed by atoms with Crippen LogP contribution in [0.15, 0.2) is 12.7 Å². The van der Waals surface area contributed by atoms with Gasteiger partial charge in [-0.05, 0) is 25.2 Å². The number of nitrogens with zero attached hydrogens (tertiary/aromatic N) is 1. The summed E-state index contributed by atoms with van der Waals surface area (Å²) in [5.74, 6) is 0.190. The van der Waals surface area contributed by atoms with Crippen LogP contribution in [0.25, 0.3) is 0 Å². The molecule has 1 N–H and O–H groups in total. The van der Waals surface area contributed by atoms with Crippen LogP contribution >= 0.6 is 0 Å². The molecule has 0 unspecified atom stereocenters. The van der Waals surface area contributed by atoms with Crippen molar-refractivity contribution < 1.29 is 9.90 Å². The van der Waals surface area contributed by atoms with E-state index in [0.29, 0.717) is 12.8 Å². The lowest BCUT2D eigenvalue weighted by atomic mass is 9.65. The molecule has 3 fully saturated rings. The molecule has 3 aliphatic carbocycles. The first-order chi connectivity index (χ1) is 7.97. The number of hydrogen-bond donors (Lipinski definition) is 1. The molecule has 0 amide bonds. The number of ketones is 1. The van der Waals surface area contributed by atoms with E-state index < -0.39 is 16.4 Å². The number of nitriles is 1. The lowest BCUT2D eigenvalue weighted by molar-refractivity contribution is -0.129. The molecule has 0 heterocycles. The van der Waals surface area contributed by atoms with E-state index in [-0.39, 0.29) is 24.0 Å². The standard InChI is InChI=1S/C14H17NO2/c1-3-4-12-5-9(2)13(8-15)6-10(12)11(16)7-14(12,13)17/h3,9-10,17H,1,4-7H2,2H3/t9-,10-,12-,13+,14-/m1/s1. The van der Waals surface area contributed by atoms with Gasteiger partial charge in [0.05, 0.1) is 17.1 Å². The fraction of sp³-hybridized carbons (Fsp3) is 0.714. The molecule has 5 atom stereocenters. The zero-order chi connectivity index (χ0) is 12.5. The van der Waals surface area contributed by atoms with E-state index in [1.165, 1.54) is 0 Å². The van der Waals surface area contributed by atoms with Gasteiger partial charge in [0.1, 0.15) is 5.78 Å². The molecule has 3 aliphatic rings. The maximum absolute atomic E-state index is 12.0. The van der Waals surface area contributed by atoms with Gasteiger partial charge in [-0.3, -0.25) is 4.79 Å². The summed E-state index contributed by atoms with van der Waals surface area (Å²) in [4.78, 5) is 12.0. The smallest absolute Gasteiger partial charge is 0.139 e. The third-order valence-corrected chi connectivity index (χ3v) is 5.79. The van der Waals surface area contributed by atoms with Crippen LogP contribution in [0.1, 0.15) is 32.6 Å². The molecule has 0 aliphatic heterocycles. The summed E-state index contributed by atoms with van der Waals surface area (Å²) in [5, 5.41) is 20.5. The molecule has 90 valence electrons. The predicted octanol–water partition coefficient (Wildman–Crippen LogP) is 1.82. The molecule has 0 aromatic rings. The third kappa shape index (κ3) is 0.817. The van der Waals surface area contributed by atoms with Crippen molar-refractivity contribution in [1.82, 2.24) is 0 Å². The molecule has 17 heavy (non-hydrogen) atoms. The van der Waals surface area contributed by atoms with Crippen molar-refractivity contribution in [2.24, 2.45) is 22.7 Å². The highest BCUT2D eigenvalue weighted by molar-refractivity contribution is 5.89. The van der Waals surface area contributed by atoms with Gasteiger partial charge in [0.2, 0.25) is 0 Å². The Morgan fingerprint density at radius 3 is 2.94 bits per heavy atom. The van der Waals surface area contributed by atoms with Crippen molar-refractivity contribution in [3.8, 4) is 6.07 Å². The van der Waals surface area contributed by atoms with Crippen LogP contribution in [0.4, 0.5) is 0 Å². The minimum absolute atomic E-state index is 0.124. The molecule has 3 saturated carbocycles. The van der Waals surface area contributed by atoms with Crippen molar-refractivity contribution in [2.75, 3.05) is 0 Å². The van der Waals surface area contributed by atoms with Gasteiger partial charge in [0.25, 0.3) is 0 Å². The molecule has 3 nitrogen and oxygen atoms in total. The van der Waals surface area contributed by atoms with Gasteiger partial charge in [-0.2, -0.15) is 5.26 Å². The Morgan fingerprint density at radius 1 is 1.65 bits per heavy atom. The van der Waals surface area contributed by atoms with E-state index in [1.54, 1.807) is 6.08 Å². The summed E-state index contributed by atoms with van der Waals surface area (Å²) >= 11 is 0. The molecule has 0 radical (unpaired) electrons. The Hall–Kier alpha value is -1.14. The average Bonchev–Trinajstić information content (AvgIpc) is 2.67. The van der Waals surface area contributed by atoms with Gasteiger partial charge in [-0.1, -0.05) is 13.0 Å². The fourth-order valence-electron chi connectivity index (χ4n) is 5.09. The predicted molar refractivity (Wildman–Crippen MR) is 61.8 cm³/mol. The number of carbonyl (C=O) groups excluding carboxylic acids is 1. The van der Waals surface area contributed by atoms with Crippen LogP contribution in [0.2, 0.25) is 0 Å². The minimum atomic E-state index is -1.11. The van der Waals surface area contributed by atoms with Crippen molar-refractivity contribution >= 4 is 5.78 Å². The first kappa shape index (κ1) is 11.0. The topological polar surface area (TPSA) is 61.1 Å². The van der Waals surface area contributed by atoms with E-state index >= 15 is 0 Å². The Bertz CT molecular complexity index is 465. The summed E-state index contributed by atoms with van der Waals surface area (Å²) in [7, 11) is 0. The Labute approximate surface area is 101 Å². The minimum Gasteiger partial charge on any atom is -0.387 e. The van der Waals surface area contributed by atoms with Crippen LogP contribution in [0, 0.1) is 34.0 Å². The number of rotatable bonds is 2. The average molecular weight is 231 g/mol. The molecule has 3 rings (SSSR count). The first-order valence-corrected chi connectivity index (χ1v) is 6.25. The van der Waals surface area contributed by atoms with Crippen molar-refractivity contribution in [3.63, 3.8) is 0 Å². The van der Waals surface area contributed by atoms with Gasteiger partial charge in [0, 0.05) is 17.8 Å². The highest BCUT2D eigenvalue weighted by atomic mass is 16.3. The van der Waals surface area contributed by atoms with Crippen LogP contribution in [-0.4, -0.2) is 16.5 Å². The van der Waals surface area contributed by atoms with E-state index in [1.807, 2.05) is 6.92 Å². The third-order valence-electron chi connectivity index (χ3n) is 5.79. The first-order valence-electron chi connectivity index (χ1n) is 6.25. The maximum atomic E-state index is 12.0. The molecule has 4 bridgehead atoms. The van der Waals surface area contributed by atoms with E-state index in [2.05, 4.69) is 12.6 Å². The van der Waals surface area contributed by atoms with Gasteiger partial charge >= 0.3 is 0 Å². The SMILES string of the molecule is C=CC[C@@]12C[C@@H](C)[C@@]3(C#N)C[C@@H]1C(=O)C[C@@]23O. The fourth-order valence-corrected chi connectivity index (χ4v) is 5.09. The summed E-state index contributed by atoms with van der Waals surface area (Å²) in [5.41, 5.74) is -2.21. The van der Waals surface area contributed by atoms with Crippen molar-refractivity contribution in [3.05, 3.63) is 12.7 Å². The maximum Gasteiger partial charge on any atom is 0.139 e. The van der Waals surface area contributed by atoms with Gasteiger partial charge in [-0.25, -0.2) is 0 Å². The molecule has 0 spiro atoms. The zero-order valence-corrected chi connectivity index (χ0v) is 10.1. The normalized spacial score (nSPS) is 55.0. The Morgan fingerprint density at radius 2 is 2.35 bits per heavy atom. The van der Waals surface area contributed by atoms with E-state index in [0.717, 1.165) is 6.42 Å². The van der Waals surface area contributed by atoms with Crippen LogP contribution in [0.3, 0.4) is 0 Å². The molecule has 3 heteroatoms. The van der Waals surface area contributed by atoms with Gasteiger partial charge in [0.15, 0.2) is 0 Å². The number of carbonyl (C=O) groups is 1. The Kier molecular flexibility index (Phi) is 1.82. The number of allylic oxidation sites excluding steroid dienone is 1. The summed E-state index contributed by atoms with van der Waals surface area (Å²) in [6, 6.07) is 2.36. The lowest BCUT2D eigenvalue weighted by Crippen LogP contribution is -2.47. The molecule has 0 saturated heterocycles. The highest BCUT2D eigenvalue weighted by Crippen LogP contribution is 2.78. The lowest BCUT2D eigenvalue weighted by Gasteiger charge is -2.38. The second-order valence-electron chi connectivity index (χ2n) is 6.10. The molecule has 0 aromatic carbocycles. The van der Waals surface area contributed by atoms with Gasteiger partial charge < -0.3 is 5.11 Å².